The summed E-state index contributed by atoms with van der Waals surface area (Å²) in [6.45, 7) is 14.7. The predicted molar refractivity (Wildman–Crippen MR) is 116 cm³/mol. The Balaban J connectivity index is 1.82. The molecule has 4 rings (SSSR count). The number of hydrogen-bond donors (Lipinski definition) is 0. The molecule has 0 amide bonds. The summed E-state index contributed by atoms with van der Waals surface area (Å²) in [6, 6.07) is 11.4. The van der Waals surface area contributed by atoms with Crippen molar-refractivity contribution in [3.05, 3.63) is 60.2 Å². The molecule has 0 bridgehead atoms. The molecule has 0 unspecified atom stereocenters. The number of nitrogens with zero attached hydrogens (tertiary/aromatic N) is 6. The first-order valence-electron chi connectivity index (χ1n) is 9.59. The van der Waals surface area contributed by atoms with Crippen molar-refractivity contribution in [2.45, 2.75) is 27.3 Å². The van der Waals surface area contributed by atoms with Gasteiger partial charge in [-0.3, -0.25) is 4.68 Å². The molecule has 0 aliphatic carbocycles. The second kappa shape index (κ2) is 7.56. The highest BCUT2D eigenvalue weighted by molar-refractivity contribution is 5.88. The first kappa shape index (κ1) is 19.5. The number of hydrogen-bond acceptors (Lipinski definition) is 5. The van der Waals surface area contributed by atoms with Crippen molar-refractivity contribution in [1.82, 2.24) is 25.0 Å². The molecule has 4 aromatic rings. The fraction of sp³-hybridized carbons (Fsp3) is 0.261. The van der Waals surface area contributed by atoms with E-state index in [0.717, 1.165) is 39.8 Å². The lowest BCUT2D eigenvalue weighted by Gasteiger charge is -2.17. The van der Waals surface area contributed by atoms with Crippen molar-refractivity contribution < 1.29 is 4.74 Å². The van der Waals surface area contributed by atoms with Crippen molar-refractivity contribution in [1.29, 1.82) is 0 Å². The number of rotatable bonds is 4. The molecule has 0 spiro atoms. The normalized spacial score (nSPS) is 11.4. The molecule has 0 aliphatic rings. The summed E-state index contributed by atoms with van der Waals surface area (Å²) in [5.74, 6) is 0.812. The molecule has 0 aliphatic heterocycles. The van der Waals surface area contributed by atoms with Crippen LogP contribution in [0.5, 0.6) is 5.88 Å². The van der Waals surface area contributed by atoms with Gasteiger partial charge in [0.05, 0.1) is 18.8 Å². The summed E-state index contributed by atoms with van der Waals surface area (Å²) >= 11 is 0. The molecule has 0 radical (unpaired) electrons. The zero-order valence-electron chi connectivity index (χ0n) is 17.4. The zero-order chi connectivity index (χ0) is 21.3. The number of fused-ring (bicyclic) bond motifs is 1. The monoisotopic (exact) mass is 398 g/mol. The molecular formula is C23H22N6O. The smallest absolute Gasteiger partial charge is 0.270 e. The summed E-state index contributed by atoms with van der Waals surface area (Å²) < 4.78 is 7.10. The van der Waals surface area contributed by atoms with E-state index >= 15 is 0 Å². The molecule has 7 heteroatoms. The van der Waals surface area contributed by atoms with Crippen LogP contribution in [-0.2, 0) is 6.54 Å². The maximum atomic E-state index is 7.37. The van der Waals surface area contributed by atoms with Crippen molar-refractivity contribution in [2.24, 2.45) is 5.41 Å². The van der Waals surface area contributed by atoms with E-state index in [1.54, 1.807) is 13.2 Å². The van der Waals surface area contributed by atoms with Crippen LogP contribution >= 0.6 is 0 Å². The van der Waals surface area contributed by atoms with Crippen LogP contribution < -0.4 is 4.74 Å². The molecule has 0 saturated heterocycles. The SMILES string of the molecule is [C-]#[N+]c1ccc(-c2cnn(CC(C)(C)C)c2)c(-c2ccc3cc(OC)nnc3c2)n1. The van der Waals surface area contributed by atoms with Crippen LogP contribution in [0.15, 0.2) is 48.8 Å². The third kappa shape index (κ3) is 3.98. The third-order valence-corrected chi connectivity index (χ3v) is 4.62. The molecule has 0 N–H and O–H groups in total. The van der Waals surface area contributed by atoms with E-state index in [1.165, 1.54) is 0 Å². The van der Waals surface area contributed by atoms with Gasteiger partial charge in [-0.1, -0.05) is 39.5 Å². The van der Waals surface area contributed by atoms with Crippen LogP contribution in [0.4, 0.5) is 5.82 Å². The molecule has 0 atom stereocenters. The molecule has 7 nitrogen and oxygen atoms in total. The van der Waals surface area contributed by atoms with Gasteiger partial charge in [0.15, 0.2) is 5.69 Å². The van der Waals surface area contributed by atoms with Crippen LogP contribution in [0.2, 0.25) is 0 Å². The van der Waals surface area contributed by atoms with E-state index in [9.17, 15) is 0 Å². The summed E-state index contributed by atoms with van der Waals surface area (Å²) in [6.07, 6.45) is 3.87. The molecule has 30 heavy (non-hydrogen) atoms. The molecule has 3 aromatic heterocycles. The number of aromatic nitrogens is 5. The molecule has 3 heterocycles. The van der Waals surface area contributed by atoms with Crippen molar-refractivity contribution >= 4 is 16.7 Å². The highest BCUT2D eigenvalue weighted by Crippen LogP contribution is 2.34. The quantitative estimate of drug-likeness (QED) is 0.444. The van der Waals surface area contributed by atoms with E-state index in [4.69, 9.17) is 11.3 Å². The average Bonchev–Trinajstić information content (AvgIpc) is 3.19. The summed E-state index contributed by atoms with van der Waals surface area (Å²) in [5.41, 5.74) is 4.32. The van der Waals surface area contributed by atoms with Crippen LogP contribution in [0, 0.1) is 12.0 Å². The van der Waals surface area contributed by atoms with Gasteiger partial charge in [0.2, 0.25) is 5.88 Å². The highest BCUT2D eigenvalue weighted by atomic mass is 16.5. The maximum absolute atomic E-state index is 7.37. The van der Waals surface area contributed by atoms with Gasteiger partial charge >= 0.3 is 0 Å². The van der Waals surface area contributed by atoms with Crippen molar-refractivity contribution in [2.75, 3.05) is 7.11 Å². The minimum Gasteiger partial charge on any atom is -0.480 e. The first-order chi connectivity index (χ1) is 14.4. The van der Waals surface area contributed by atoms with E-state index in [1.807, 2.05) is 47.4 Å². The minimum atomic E-state index is 0.121. The van der Waals surface area contributed by atoms with Crippen molar-refractivity contribution in [3.8, 4) is 28.3 Å². The first-order valence-corrected chi connectivity index (χ1v) is 9.59. The maximum Gasteiger partial charge on any atom is 0.270 e. The lowest BCUT2D eigenvalue weighted by Crippen LogP contribution is -2.15. The Labute approximate surface area is 175 Å². The van der Waals surface area contributed by atoms with Gasteiger partial charge in [-0.2, -0.15) is 5.10 Å². The fourth-order valence-electron chi connectivity index (χ4n) is 3.30. The Kier molecular flexibility index (Phi) is 4.92. The molecular weight excluding hydrogens is 376 g/mol. The third-order valence-electron chi connectivity index (χ3n) is 4.62. The number of pyridine rings is 1. The Hall–Kier alpha value is -3.79. The Morgan fingerprint density at radius 1 is 1.07 bits per heavy atom. The predicted octanol–water partition coefficient (Wildman–Crippen LogP) is 5.16. The van der Waals surface area contributed by atoms with Gasteiger partial charge in [-0.15, -0.1) is 15.2 Å². The van der Waals surface area contributed by atoms with Gasteiger partial charge in [-0.25, -0.2) is 0 Å². The largest absolute Gasteiger partial charge is 0.480 e. The van der Waals surface area contributed by atoms with Crippen LogP contribution in [0.3, 0.4) is 0 Å². The Bertz CT molecular complexity index is 1260. The second-order valence-electron chi connectivity index (χ2n) is 8.32. The van der Waals surface area contributed by atoms with Gasteiger partial charge in [0.25, 0.3) is 5.82 Å². The van der Waals surface area contributed by atoms with Crippen LogP contribution in [0.1, 0.15) is 20.8 Å². The van der Waals surface area contributed by atoms with Gasteiger partial charge < -0.3 is 9.58 Å². The number of benzene rings is 1. The van der Waals surface area contributed by atoms with E-state index in [2.05, 4.69) is 45.9 Å². The molecule has 150 valence electrons. The van der Waals surface area contributed by atoms with Gasteiger partial charge in [0, 0.05) is 40.9 Å². The van der Waals surface area contributed by atoms with Gasteiger partial charge in [-0.05, 0) is 23.6 Å². The van der Waals surface area contributed by atoms with Crippen LogP contribution in [-0.4, -0.2) is 32.1 Å². The minimum absolute atomic E-state index is 0.121. The van der Waals surface area contributed by atoms with Gasteiger partial charge in [0.1, 0.15) is 0 Å². The molecule has 0 fully saturated rings. The lowest BCUT2D eigenvalue weighted by atomic mass is 9.97. The fourth-order valence-corrected chi connectivity index (χ4v) is 3.30. The number of methoxy groups -OCH3 is 1. The average molecular weight is 398 g/mol. The molecule has 0 saturated carbocycles. The Morgan fingerprint density at radius 2 is 1.90 bits per heavy atom. The van der Waals surface area contributed by atoms with E-state index in [0.29, 0.717) is 11.7 Å². The van der Waals surface area contributed by atoms with Crippen molar-refractivity contribution in [3.63, 3.8) is 0 Å². The topological polar surface area (TPSA) is 70.1 Å². The highest BCUT2D eigenvalue weighted by Gasteiger charge is 2.18. The standard InChI is InChI=1S/C23H22N6O/c1-23(2,3)14-29-13-17(12-25-29)18-8-9-20(24-4)26-22(18)16-7-6-15-11-21(30-5)28-27-19(15)10-16/h6-13H,14H2,1-3,5H3. The summed E-state index contributed by atoms with van der Waals surface area (Å²) in [5, 5.41) is 13.7. The number of ether oxygens (including phenoxy) is 1. The van der Waals surface area contributed by atoms with E-state index in [-0.39, 0.29) is 5.41 Å². The van der Waals surface area contributed by atoms with E-state index < -0.39 is 0 Å². The summed E-state index contributed by atoms with van der Waals surface area (Å²) in [7, 11) is 1.57. The van der Waals surface area contributed by atoms with Crippen LogP contribution in [0.25, 0.3) is 38.1 Å². The molecule has 1 aromatic carbocycles. The Morgan fingerprint density at radius 3 is 2.63 bits per heavy atom. The lowest BCUT2D eigenvalue weighted by molar-refractivity contribution is 0.325. The second-order valence-corrected chi connectivity index (χ2v) is 8.32. The zero-order valence-corrected chi connectivity index (χ0v) is 17.4. The summed E-state index contributed by atoms with van der Waals surface area (Å²) in [4.78, 5) is 8.10.